The fourth-order valence-corrected chi connectivity index (χ4v) is 2.00. The molecule has 0 spiro atoms. The number of carbonyl (C=O) groups is 1. The zero-order chi connectivity index (χ0) is 17.1. The molecule has 23 heavy (non-hydrogen) atoms. The number of nitrogens with one attached hydrogen (secondary N) is 3. The van der Waals surface area contributed by atoms with E-state index in [4.69, 9.17) is 0 Å². The summed E-state index contributed by atoms with van der Waals surface area (Å²) < 4.78 is 2.01. The molecule has 0 radical (unpaired) electrons. The topological polar surface area (TPSA) is 96.2 Å². The van der Waals surface area contributed by atoms with Gasteiger partial charge in [-0.15, -0.1) is 10.2 Å². The zero-order valence-corrected chi connectivity index (χ0v) is 14.6. The third-order valence-corrected chi connectivity index (χ3v) is 3.54. The summed E-state index contributed by atoms with van der Waals surface area (Å²) in [4.78, 5) is 15.8. The third-order valence-electron chi connectivity index (χ3n) is 3.54. The van der Waals surface area contributed by atoms with Crippen molar-refractivity contribution in [3.63, 3.8) is 0 Å². The van der Waals surface area contributed by atoms with Gasteiger partial charge in [0.25, 0.3) is 0 Å². The van der Waals surface area contributed by atoms with Crippen molar-refractivity contribution >= 4 is 11.9 Å². The van der Waals surface area contributed by atoms with Crippen LogP contribution in [0.3, 0.4) is 0 Å². The Kier molecular flexibility index (Phi) is 8.71. The molecular weight excluding hydrogens is 294 g/mol. The molecule has 1 rings (SSSR count). The van der Waals surface area contributed by atoms with Gasteiger partial charge in [-0.25, -0.2) is 0 Å². The Balaban J connectivity index is 2.23. The van der Waals surface area contributed by atoms with E-state index in [1.54, 1.807) is 13.4 Å². The van der Waals surface area contributed by atoms with Gasteiger partial charge in [0.05, 0.1) is 0 Å². The van der Waals surface area contributed by atoms with E-state index in [-0.39, 0.29) is 11.9 Å². The van der Waals surface area contributed by atoms with Crippen LogP contribution in [0.1, 0.15) is 39.4 Å². The van der Waals surface area contributed by atoms with Crippen molar-refractivity contribution in [1.29, 1.82) is 0 Å². The Morgan fingerprint density at radius 1 is 1.35 bits per heavy atom. The maximum absolute atomic E-state index is 11.7. The lowest BCUT2D eigenvalue weighted by Gasteiger charge is -2.14. The van der Waals surface area contributed by atoms with Crippen LogP contribution in [0, 0.1) is 0 Å². The molecule has 3 N–H and O–H groups in total. The highest BCUT2D eigenvalue weighted by atomic mass is 16.1. The number of hydrogen-bond acceptors (Lipinski definition) is 4. The summed E-state index contributed by atoms with van der Waals surface area (Å²) in [6.07, 6.45) is 3.95. The van der Waals surface area contributed by atoms with Crippen LogP contribution in [0.25, 0.3) is 0 Å². The lowest BCUT2D eigenvalue weighted by molar-refractivity contribution is -0.121. The first-order valence-electron chi connectivity index (χ1n) is 8.21. The van der Waals surface area contributed by atoms with Crippen molar-refractivity contribution in [3.8, 4) is 0 Å². The number of aliphatic imine (C=N–C) groups is 1. The summed E-state index contributed by atoms with van der Waals surface area (Å²) >= 11 is 0. The molecule has 0 fully saturated rings. The Hall–Kier alpha value is -2.12. The van der Waals surface area contributed by atoms with Crippen LogP contribution in [0.15, 0.2) is 11.3 Å². The third kappa shape index (κ3) is 7.12. The number of rotatable bonds is 9. The normalized spacial score (nSPS) is 12.8. The molecule has 1 aromatic heterocycles. The van der Waals surface area contributed by atoms with E-state index in [1.165, 1.54) is 0 Å². The van der Waals surface area contributed by atoms with Gasteiger partial charge in [0.15, 0.2) is 5.96 Å². The van der Waals surface area contributed by atoms with Gasteiger partial charge in [-0.05, 0) is 13.3 Å². The van der Waals surface area contributed by atoms with E-state index in [0.717, 1.165) is 25.2 Å². The van der Waals surface area contributed by atoms with Gasteiger partial charge >= 0.3 is 0 Å². The molecule has 0 aliphatic carbocycles. The Labute approximate surface area is 138 Å². The van der Waals surface area contributed by atoms with E-state index >= 15 is 0 Å². The van der Waals surface area contributed by atoms with Gasteiger partial charge in [0.2, 0.25) is 5.91 Å². The molecule has 0 aromatic carbocycles. The molecule has 8 heteroatoms. The molecule has 1 aromatic rings. The number of nitrogens with zero attached hydrogens (tertiary/aromatic N) is 4. The van der Waals surface area contributed by atoms with Crippen LogP contribution in [-0.4, -0.2) is 52.8 Å². The van der Waals surface area contributed by atoms with Gasteiger partial charge in [-0.3, -0.25) is 9.79 Å². The minimum Gasteiger partial charge on any atom is -0.356 e. The minimum atomic E-state index is 0.0550. The van der Waals surface area contributed by atoms with E-state index in [9.17, 15) is 4.79 Å². The fraction of sp³-hybridized carbons (Fsp3) is 0.733. The largest absolute Gasteiger partial charge is 0.356 e. The first-order chi connectivity index (χ1) is 11.1. The van der Waals surface area contributed by atoms with E-state index in [0.29, 0.717) is 25.5 Å². The lowest BCUT2D eigenvalue weighted by Crippen LogP contribution is -2.41. The molecule has 130 valence electrons. The number of aryl methyl sites for hydroxylation is 1. The number of carbonyl (C=O) groups excluding carboxylic acids is 1. The van der Waals surface area contributed by atoms with Crippen molar-refractivity contribution in [2.24, 2.45) is 4.99 Å². The van der Waals surface area contributed by atoms with Crippen molar-refractivity contribution < 1.29 is 4.79 Å². The highest BCUT2D eigenvalue weighted by Crippen LogP contribution is 1.94. The maximum atomic E-state index is 11.7. The molecule has 0 aliphatic rings. The Morgan fingerprint density at radius 2 is 2.09 bits per heavy atom. The van der Waals surface area contributed by atoms with Crippen LogP contribution in [0.2, 0.25) is 0 Å². The fourth-order valence-electron chi connectivity index (χ4n) is 2.00. The summed E-state index contributed by atoms with van der Waals surface area (Å²) in [6, 6.07) is 0.219. The molecule has 1 heterocycles. The monoisotopic (exact) mass is 323 g/mol. The van der Waals surface area contributed by atoms with Crippen LogP contribution in [-0.2, 0) is 17.8 Å². The van der Waals surface area contributed by atoms with E-state index in [2.05, 4.69) is 45.0 Å². The van der Waals surface area contributed by atoms with Crippen LogP contribution in [0.5, 0.6) is 0 Å². The first kappa shape index (κ1) is 18.9. The molecule has 1 unspecified atom stereocenters. The second kappa shape index (κ2) is 10.6. The molecule has 0 bridgehead atoms. The number of guanidine groups is 1. The number of amides is 1. The van der Waals surface area contributed by atoms with Crippen molar-refractivity contribution in [1.82, 2.24) is 30.7 Å². The van der Waals surface area contributed by atoms with Crippen LogP contribution < -0.4 is 16.0 Å². The molecule has 0 aliphatic heterocycles. The van der Waals surface area contributed by atoms with E-state index in [1.807, 2.05) is 11.5 Å². The molecule has 1 amide bonds. The minimum absolute atomic E-state index is 0.0550. The second-order valence-electron chi connectivity index (χ2n) is 5.35. The first-order valence-corrected chi connectivity index (χ1v) is 8.21. The molecular formula is C15H29N7O. The average molecular weight is 323 g/mol. The van der Waals surface area contributed by atoms with Gasteiger partial charge in [-0.1, -0.05) is 13.8 Å². The maximum Gasteiger partial charge on any atom is 0.221 e. The smallest absolute Gasteiger partial charge is 0.221 e. The highest BCUT2D eigenvalue weighted by molar-refractivity contribution is 5.81. The Morgan fingerprint density at radius 3 is 2.74 bits per heavy atom. The van der Waals surface area contributed by atoms with Gasteiger partial charge in [0.1, 0.15) is 12.2 Å². The van der Waals surface area contributed by atoms with Gasteiger partial charge in [0, 0.05) is 45.6 Å². The molecule has 8 nitrogen and oxygen atoms in total. The standard InChI is InChI=1S/C15H29N7O/c1-5-12(3)20-14(23)7-8-17-15(16-4)18-9-10-22-11-19-21-13(22)6-2/h11-12H,5-10H2,1-4H3,(H,20,23)(H2,16,17,18). The summed E-state index contributed by atoms with van der Waals surface area (Å²) in [6.45, 7) is 8.14. The van der Waals surface area contributed by atoms with Crippen LogP contribution in [0.4, 0.5) is 0 Å². The highest BCUT2D eigenvalue weighted by Gasteiger charge is 2.06. The number of aromatic nitrogens is 3. The van der Waals surface area contributed by atoms with Crippen LogP contribution >= 0.6 is 0 Å². The van der Waals surface area contributed by atoms with Gasteiger partial charge < -0.3 is 20.5 Å². The zero-order valence-electron chi connectivity index (χ0n) is 14.6. The summed E-state index contributed by atoms with van der Waals surface area (Å²) in [7, 11) is 1.71. The van der Waals surface area contributed by atoms with Crippen molar-refractivity contribution in [2.45, 2.75) is 52.6 Å². The molecule has 0 saturated heterocycles. The van der Waals surface area contributed by atoms with Crippen molar-refractivity contribution in [2.75, 3.05) is 20.1 Å². The summed E-state index contributed by atoms with van der Waals surface area (Å²) in [5, 5.41) is 17.2. The quantitative estimate of drug-likeness (QED) is 0.449. The molecule has 0 saturated carbocycles. The SMILES string of the molecule is CCc1nncn1CCNC(=NC)NCCC(=O)NC(C)CC. The lowest BCUT2D eigenvalue weighted by atomic mass is 10.2. The van der Waals surface area contributed by atoms with Gasteiger partial charge in [-0.2, -0.15) is 0 Å². The second-order valence-corrected chi connectivity index (χ2v) is 5.35. The summed E-state index contributed by atoms with van der Waals surface area (Å²) in [5.41, 5.74) is 0. The Bertz CT molecular complexity index is 498. The predicted octanol–water partition coefficient (Wildman–Crippen LogP) is 0.310. The van der Waals surface area contributed by atoms with Crippen molar-refractivity contribution in [3.05, 3.63) is 12.2 Å². The van der Waals surface area contributed by atoms with E-state index < -0.39 is 0 Å². The molecule has 1 atom stereocenters. The predicted molar refractivity (Wildman–Crippen MR) is 91.3 cm³/mol. The average Bonchev–Trinajstić information content (AvgIpc) is 3.00. The summed E-state index contributed by atoms with van der Waals surface area (Å²) in [5.74, 6) is 1.71. The number of hydrogen-bond donors (Lipinski definition) is 3.